The minimum atomic E-state index is -1.09. The lowest BCUT2D eigenvalue weighted by Gasteiger charge is -2.08. The third-order valence-electron chi connectivity index (χ3n) is 3.32. The van der Waals surface area contributed by atoms with Crippen LogP contribution < -0.4 is 10.9 Å². The molecule has 0 atom stereocenters. The first kappa shape index (κ1) is 20.2. The summed E-state index contributed by atoms with van der Waals surface area (Å²) in [5.41, 5.74) is 1.41. The summed E-state index contributed by atoms with van der Waals surface area (Å²) in [7, 11) is 0. The van der Waals surface area contributed by atoms with Crippen LogP contribution in [0.1, 0.15) is 20.7 Å². The van der Waals surface area contributed by atoms with Gasteiger partial charge in [-0.1, -0.05) is 11.6 Å². The largest absolute Gasteiger partial charge is 0.295 e. The van der Waals surface area contributed by atoms with E-state index in [9.17, 15) is 39.9 Å². The number of carbonyl (C=O) groups is 2. The van der Waals surface area contributed by atoms with Crippen molar-refractivity contribution in [2.75, 3.05) is 0 Å². The van der Waals surface area contributed by atoms with Crippen LogP contribution in [0.4, 0.5) is 17.1 Å². The summed E-state index contributed by atoms with van der Waals surface area (Å²) in [6.07, 6.45) is 0. The standard InChI is InChI=1S/C14H8ClN5O8/c15-12-10(19(25)26)5-8(6-11(12)20(27)28)14(22)17-16-13(21)7-1-3-9(4-2-7)18(23)24/h1-6H,(H,16,21)(H,17,22). The monoisotopic (exact) mass is 409 g/mol. The number of nitrogens with one attached hydrogen (secondary N) is 2. The first-order valence-corrected chi connectivity index (χ1v) is 7.47. The van der Waals surface area contributed by atoms with E-state index in [0.29, 0.717) is 12.1 Å². The highest BCUT2D eigenvalue weighted by atomic mass is 35.5. The molecule has 0 fully saturated rings. The number of rotatable bonds is 5. The number of amides is 2. The molecule has 0 aliphatic carbocycles. The van der Waals surface area contributed by atoms with E-state index in [2.05, 4.69) is 0 Å². The summed E-state index contributed by atoms with van der Waals surface area (Å²) in [6.45, 7) is 0. The van der Waals surface area contributed by atoms with Crippen LogP contribution in [-0.2, 0) is 0 Å². The third-order valence-corrected chi connectivity index (χ3v) is 3.71. The second-order valence-electron chi connectivity index (χ2n) is 5.05. The van der Waals surface area contributed by atoms with Crippen LogP contribution >= 0.6 is 11.6 Å². The number of non-ortho nitro benzene ring substituents is 1. The number of nitro groups is 3. The molecule has 0 aliphatic heterocycles. The Morgan fingerprint density at radius 2 is 1.18 bits per heavy atom. The smallest absolute Gasteiger partial charge is 0.267 e. The molecule has 0 aliphatic rings. The zero-order chi connectivity index (χ0) is 21.0. The topological polar surface area (TPSA) is 188 Å². The fraction of sp³-hybridized carbons (Fsp3) is 0. The first-order valence-electron chi connectivity index (χ1n) is 7.09. The Balaban J connectivity index is 2.18. The molecule has 14 heteroatoms. The van der Waals surface area contributed by atoms with Gasteiger partial charge in [0.2, 0.25) is 0 Å². The number of hydrazine groups is 1. The lowest BCUT2D eigenvalue weighted by molar-refractivity contribution is -0.393. The van der Waals surface area contributed by atoms with Crippen LogP contribution in [0, 0.1) is 30.3 Å². The predicted molar refractivity (Wildman–Crippen MR) is 92.8 cm³/mol. The molecule has 0 heterocycles. The van der Waals surface area contributed by atoms with Crippen LogP contribution in [0.5, 0.6) is 0 Å². The van der Waals surface area contributed by atoms with Crippen molar-refractivity contribution < 1.29 is 24.4 Å². The fourth-order valence-corrected chi connectivity index (χ4v) is 2.23. The van der Waals surface area contributed by atoms with Gasteiger partial charge in [0, 0.05) is 29.8 Å². The molecule has 0 aromatic heterocycles. The van der Waals surface area contributed by atoms with E-state index >= 15 is 0 Å². The van der Waals surface area contributed by atoms with E-state index in [1.54, 1.807) is 0 Å². The van der Waals surface area contributed by atoms with Crippen LogP contribution in [0.3, 0.4) is 0 Å². The lowest BCUT2D eigenvalue weighted by atomic mass is 10.1. The highest BCUT2D eigenvalue weighted by Crippen LogP contribution is 2.34. The Morgan fingerprint density at radius 1 is 0.750 bits per heavy atom. The SMILES string of the molecule is O=C(NNC(=O)c1cc([N+](=O)[O-])c(Cl)c([N+](=O)[O-])c1)c1ccc([N+](=O)[O-])cc1. The van der Waals surface area contributed by atoms with Gasteiger partial charge in [0.15, 0.2) is 5.02 Å². The molecular formula is C14H8ClN5O8. The Kier molecular flexibility index (Phi) is 5.80. The minimum absolute atomic E-state index is 0.0287. The Labute approximate surface area is 159 Å². The highest BCUT2D eigenvalue weighted by molar-refractivity contribution is 6.35. The van der Waals surface area contributed by atoms with Crippen molar-refractivity contribution in [3.8, 4) is 0 Å². The maximum absolute atomic E-state index is 12.1. The Hall–Kier alpha value is -4.13. The highest BCUT2D eigenvalue weighted by Gasteiger charge is 2.27. The quantitative estimate of drug-likeness (QED) is 0.554. The number of carbonyl (C=O) groups excluding carboxylic acids is 2. The van der Waals surface area contributed by atoms with Gasteiger partial charge in [0.1, 0.15) is 0 Å². The summed E-state index contributed by atoms with van der Waals surface area (Å²) >= 11 is 5.59. The number of halogens is 1. The molecule has 0 unspecified atom stereocenters. The number of nitrogens with zero attached hydrogens (tertiary/aromatic N) is 3. The summed E-state index contributed by atoms with van der Waals surface area (Å²) in [4.78, 5) is 53.8. The van der Waals surface area contributed by atoms with Crippen LogP contribution in [-0.4, -0.2) is 26.6 Å². The average molecular weight is 410 g/mol. The number of benzene rings is 2. The van der Waals surface area contributed by atoms with Gasteiger partial charge in [0.25, 0.3) is 28.9 Å². The van der Waals surface area contributed by atoms with Gasteiger partial charge in [-0.05, 0) is 12.1 Å². The molecule has 144 valence electrons. The van der Waals surface area contributed by atoms with E-state index in [0.717, 1.165) is 24.3 Å². The maximum atomic E-state index is 12.1. The second-order valence-corrected chi connectivity index (χ2v) is 5.43. The zero-order valence-corrected chi connectivity index (χ0v) is 14.2. The molecule has 0 radical (unpaired) electrons. The summed E-state index contributed by atoms with van der Waals surface area (Å²) in [5, 5.41) is 31.7. The zero-order valence-electron chi connectivity index (χ0n) is 13.4. The minimum Gasteiger partial charge on any atom is -0.267 e. The van der Waals surface area contributed by atoms with Crippen molar-refractivity contribution in [3.63, 3.8) is 0 Å². The first-order chi connectivity index (χ1) is 13.1. The normalized spacial score (nSPS) is 10.0. The van der Waals surface area contributed by atoms with E-state index < -0.39 is 48.5 Å². The van der Waals surface area contributed by atoms with E-state index in [4.69, 9.17) is 11.6 Å². The third kappa shape index (κ3) is 4.34. The number of hydrogen-bond donors (Lipinski definition) is 2. The molecule has 2 amide bonds. The molecule has 0 saturated carbocycles. The molecule has 2 rings (SSSR count). The van der Waals surface area contributed by atoms with Crippen molar-refractivity contribution in [3.05, 3.63) is 82.9 Å². The molecule has 13 nitrogen and oxygen atoms in total. The summed E-state index contributed by atoms with van der Waals surface area (Å²) < 4.78 is 0. The van der Waals surface area contributed by atoms with Crippen LogP contribution in [0.25, 0.3) is 0 Å². The van der Waals surface area contributed by atoms with Gasteiger partial charge >= 0.3 is 0 Å². The summed E-state index contributed by atoms with van der Waals surface area (Å²) in [6, 6.07) is 5.84. The van der Waals surface area contributed by atoms with Gasteiger partial charge in [-0.25, -0.2) is 0 Å². The van der Waals surface area contributed by atoms with Gasteiger partial charge in [-0.15, -0.1) is 0 Å². The molecule has 2 aromatic carbocycles. The van der Waals surface area contributed by atoms with Crippen molar-refractivity contribution in [1.29, 1.82) is 0 Å². The van der Waals surface area contributed by atoms with Gasteiger partial charge in [-0.2, -0.15) is 0 Å². The number of hydrogen-bond acceptors (Lipinski definition) is 8. The molecule has 0 spiro atoms. The van der Waals surface area contributed by atoms with Crippen LogP contribution in [0.2, 0.25) is 5.02 Å². The molecule has 0 saturated heterocycles. The van der Waals surface area contributed by atoms with E-state index in [1.165, 1.54) is 0 Å². The predicted octanol–water partition coefficient (Wildman–Crippen LogP) is 2.14. The maximum Gasteiger partial charge on any atom is 0.295 e. The lowest BCUT2D eigenvalue weighted by Crippen LogP contribution is -2.41. The second kappa shape index (κ2) is 8.05. The van der Waals surface area contributed by atoms with E-state index in [-0.39, 0.29) is 11.3 Å². The molecular weight excluding hydrogens is 402 g/mol. The van der Waals surface area contributed by atoms with Crippen molar-refractivity contribution in [2.24, 2.45) is 0 Å². The molecule has 28 heavy (non-hydrogen) atoms. The van der Waals surface area contributed by atoms with Gasteiger partial charge in [-0.3, -0.25) is 50.8 Å². The Bertz CT molecular complexity index is 972. The summed E-state index contributed by atoms with van der Waals surface area (Å²) in [5.74, 6) is -1.93. The molecule has 2 aromatic rings. The van der Waals surface area contributed by atoms with Crippen LogP contribution in [0.15, 0.2) is 36.4 Å². The average Bonchev–Trinajstić information content (AvgIpc) is 2.65. The van der Waals surface area contributed by atoms with Gasteiger partial charge in [0.05, 0.1) is 20.3 Å². The fourth-order valence-electron chi connectivity index (χ4n) is 1.98. The van der Waals surface area contributed by atoms with Gasteiger partial charge < -0.3 is 0 Å². The van der Waals surface area contributed by atoms with Crippen molar-refractivity contribution >= 4 is 40.5 Å². The number of nitro benzene ring substituents is 3. The Morgan fingerprint density at radius 3 is 1.57 bits per heavy atom. The van der Waals surface area contributed by atoms with E-state index in [1.807, 2.05) is 10.9 Å². The van der Waals surface area contributed by atoms with Crippen molar-refractivity contribution in [1.82, 2.24) is 10.9 Å². The van der Waals surface area contributed by atoms with Crippen molar-refractivity contribution in [2.45, 2.75) is 0 Å². The molecule has 2 N–H and O–H groups in total. The molecule has 0 bridgehead atoms.